The van der Waals surface area contributed by atoms with Crippen LogP contribution in [0.2, 0.25) is 0 Å². The van der Waals surface area contributed by atoms with Crippen molar-refractivity contribution in [1.29, 1.82) is 0 Å². The summed E-state index contributed by atoms with van der Waals surface area (Å²) < 4.78 is 14.7. The lowest BCUT2D eigenvalue weighted by molar-refractivity contribution is 0.109. The maximum Gasteiger partial charge on any atom is 0.325 e. The van der Waals surface area contributed by atoms with E-state index in [1.54, 1.807) is 0 Å². The van der Waals surface area contributed by atoms with Crippen molar-refractivity contribution in [3.63, 3.8) is 0 Å². The van der Waals surface area contributed by atoms with Crippen LogP contribution in [0.4, 0.5) is 0 Å². The van der Waals surface area contributed by atoms with Gasteiger partial charge in [0.05, 0.1) is 13.2 Å². The van der Waals surface area contributed by atoms with Crippen molar-refractivity contribution < 1.29 is 19.1 Å². The summed E-state index contributed by atoms with van der Waals surface area (Å²) in [6.07, 6.45) is -0.0625. The second-order valence-corrected chi connectivity index (χ2v) is 4.31. The third kappa shape index (κ3) is 10.1. The van der Waals surface area contributed by atoms with Gasteiger partial charge in [-0.25, -0.2) is 0 Å². The highest BCUT2D eigenvalue weighted by Gasteiger charge is 2.05. The van der Waals surface area contributed by atoms with Crippen LogP contribution in [0, 0.1) is 0 Å². The van der Waals surface area contributed by atoms with Crippen LogP contribution in [0.5, 0.6) is 0 Å². The van der Waals surface area contributed by atoms with E-state index in [9.17, 15) is 4.57 Å². The lowest BCUT2D eigenvalue weighted by Crippen LogP contribution is -2.30. The number of ether oxygens (including phenoxy) is 1. The first kappa shape index (κ1) is 12.1. The Morgan fingerprint density at radius 3 is 1.92 bits per heavy atom. The molecule has 0 amide bonds. The normalized spacial score (nSPS) is 17.9. The van der Waals surface area contributed by atoms with Gasteiger partial charge in [0.25, 0.3) is 0 Å². The Bertz CT molecular complexity index is 131. The average molecular weight is 197 g/mol. The molecule has 1 aliphatic heterocycles. The molecule has 0 radical (unpaired) electrons. The van der Waals surface area contributed by atoms with E-state index in [4.69, 9.17) is 14.5 Å². The van der Waals surface area contributed by atoms with Crippen LogP contribution >= 0.6 is 7.60 Å². The predicted molar refractivity (Wildman–Crippen MR) is 46.3 cm³/mol. The molecule has 0 bridgehead atoms. The van der Waals surface area contributed by atoms with Crippen molar-refractivity contribution in [2.45, 2.75) is 6.92 Å². The van der Waals surface area contributed by atoms with E-state index in [-0.39, 0.29) is 6.16 Å². The molecule has 0 unspecified atom stereocenters. The minimum absolute atomic E-state index is 0.0625. The number of hydrogen-bond acceptors (Lipinski definition) is 3. The summed E-state index contributed by atoms with van der Waals surface area (Å²) in [6, 6.07) is 0. The number of nitrogens with one attached hydrogen (secondary N) is 1. The quantitative estimate of drug-likeness (QED) is 0.507. The molecule has 0 aromatic carbocycles. The van der Waals surface area contributed by atoms with Crippen LogP contribution in [-0.2, 0) is 9.30 Å². The highest BCUT2D eigenvalue weighted by molar-refractivity contribution is 7.51. The van der Waals surface area contributed by atoms with Gasteiger partial charge >= 0.3 is 7.60 Å². The molecule has 74 valence electrons. The fraction of sp³-hybridized carbons (Fsp3) is 1.00. The van der Waals surface area contributed by atoms with Crippen molar-refractivity contribution in [2.24, 2.45) is 0 Å². The van der Waals surface area contributed by atoms with Crippen molar-refractivity contribution in [2.75, 3.05) is 32.5 Å². The second kappa shape index (κ2) is 6.57. The highest BCUT2D eigenvalue weighted by Crippen LogP contribution is 2.32. The fourth-order valence-corrected chi connectivity index (χ4v) is 0.516. The summed E-state index contributed by atoms with van der Waals surface area (Å²) in [4.78, 5) is 15.9. The van der Waals surface area contributed by atoms with E-state index in [0.29, 0.717) is 0 Å². The minimum atomic E-state index is -3.65. The van der Waals surface area contributed by atoms with Gasteiger partial charge in [0.15, 0.2) is 0 Å². The van der Waals surface area contributed by atoms with Crippen LogP contribution in [0.25, 0.3) is 0 Å². The summed E-state index contributed by atoms with van der Waals surface area (Å²) in [6.45, 7) is 5.28. The summed E-state index contributed by atoms with van der Waals surface area (Å²) in [7, 11) is -3.65. The zero-order valence-corrected chi connectivity index (χ0v) is 8.09. The topological polar surface area (TPSA) is 78.8 Å². The van der Waals surface area contributed by atoms with Crippen molar-refractivity contribution in [1.82, 2.24) is 5.32 Å². The Morgan fingerprint density at radius 1 is 1.42 bits per heavy atom. The van der Waals surface area contributed by atoms with Gasteiger partial charge in [-0.3, -0.25) is 4.57 Å². The Kier molecular flexibility index (Phi) is 6.61. The maximum absolute atomic E-state index is 9.69. The van der Waals surface area contributed by atoms with Gasteiger partial charge in [0.2, 0.25) is 0 Å². The highest BCUT2D eigenvalue weighted by atomic mass is 31.2. The fourth-order valence-electron chi connectivity index (χ4n) is 0.516. The zero-order chi connectivity index (χ0) is 9.45. The van der Waals surface area contributed by atoms with Crippen LogP contribution in [0.3, 0.4) is 0 Å². The van der Waals surface area contributed by atoms with Gasteiger partial charge < -0.3 is 19.8 Å². The SMILES string of the molecule is C1COCCN1.CCP(=O)(O)O. The molecule has 0 atom stereocenters. The first-order valence-electron chi connectivity index (χ1n) is 3.89. The van der Waals surface area contributed by atoms with E-state index >= 15 is 0 Å². The van der Waals surface area contributed by atoms with Gasteiger partial charge in [0.1, 0.15) is 0 Å². The molecular weight excluding hydrogens is 181 g/mol. The Balaban J connectivity index is 0.000000202. The Morgan fingerprint density at radius 2 is 1.83 bits per heavy atom. The third-order valence-corrected chi connectivity index (χ3v) is 2.08. The molecule has 1 saturated heterocycles. The molecule has 1 aliphatic rings. The van der Waals surface area contributed by atoms with Crippen LogP contribution in [0.15, 0.2) is 0 Å². The molecule has 0 aliphatic carbocycles. The summed E-state index contributed by atoms with van der Waals surface area (Å²) in [5, 5.41) is 3.16. The standard InChI is InChI=1S/C4H9NO.C2H7O3P/c1-3-6-4-2-5-1;1-2-6(3,4)5/h5H,1-4H2;2H2,1H3,(H2,3,4,5). The molecule has 0 aromatic heterocycles. The molecule has 12 heavy (non-hydrogen) atoms. The summed E-state index contributed by atoms with van der Waals surface area (Å²) in [5.74, 6) is 0. The Labute approximate surface area is 72.3 Å². The van der Waals surface area contributed by atoms with Crippen molar-refractivity contribution in [3.8, 4) is 0 Å². The first-order valence-corrected chi connectivity index (χ1v) is 5.69. The monoisotopic (exact) mass is 197 g/mol. The number of rotatable bonds is 1. The van der Waals surface area contributed by atoms with E-state index in [2.05, 4.69) is 5.32 Å². The van der Waals surface area contributed by atoms with E-state index < -0.39 is 7.60 Å². The minimum Gasteiger partial charge on any atom is -0.379 e. The van der Waals surface area contributed by atoms with Crippen molar-refractivity contribution >= 4 is 7.60 Å². The lowest BCUT2D eigenvalue weighted by atomic mass is 10.5. The van der Waals surface area contributed by atoms with Crippen LogP contribution < -0.4 is 5.32 Å². The lowest BCUT2D eigenvalue weighted by Gasteiger charge is -2.10. The maximum atomic E-state index is 9.69. The molecule has 1 heterocycles. The van der Waals surface area contributed by atoms with Gasteiger partial charge in [-0.1, -0.05) is 6.92 Å². The average Bonchev–Trinajstić information content (AvgIpc) is 2.07. The molecule has 0 saturated carbocycles. The summed E-state index contributed by atoms with van der Waals surface area (Å²) in [5.41, 5.74) is 0. The Hall–Kier alpha value is 0.0700. The molecule has 3 N–H and O–H groups in total. The molecule has 1 fully saturated rings. The van der Waals surface area contributed by atoms with Gasteiger partial charge in [-0.2, -0.15) is 0 Å². The second-order valence-electron chi connectivity index (χ2n) is 2.34. The largest absolute Gasteiger partial charge is 0.379 e. The third-order valence-electron chi connectivity index (χ3n) is 1.26. The first-order chi connectivity index (χ1) is 5.56. The number of hydrogen-bond donors (Lipinski definition) is 3. The smallest absolute Gasteiger partial charge is 0.325 e. The van der Waals surface area contributed by atoms with Gasteiger partial charge in [-0.05, 0) is 0 Å². The molecular formula is C6H16NO4P. The van der Waals surface area contributed by atoms with Gasteiger partial charge in [-0.15, -0.1) is 0 Å². The van der Waals surface area contributed by atoms with Crippen molar-refractivity contribution in [3.05, 3.63) is 0 Å². The molecule has 6 heteroatoms. The molecule has 0 aromatic rings. The molecule has 0 spiro atoms. The summed E-state index contributed by atoms with van der Waals surface area (Å²) >= 11 is 0. The van der Waals surface area contributed by atoms with E-state index in [1.165, 1.54) is 6.92 Å². The number of morpholine rings is 1. The van der Waals surface area contributed by atoms with E-state index in [1.807, 2.05) is 0 Å². The zero-order valence-electron chi connectivity index (χ0n) is 7.19. The van der Waals surface area contributed by atoms with Crippen LogP contribution in [-0.4, -0.2) is 42.3 Å². The molecule has 5 nitrogen and oxygen atoms in total. The van der Waals surface area contributed by atoms with Crippen LogP contribution in [0.1, 0.15) is 6.92 Å². The predicted octanol–water partition coefficient (Wildman–Crippen LogP) is -0.210. The van der Waals surface area contributed by atoms with E-state index in [0.717, 1.165) is 26.3 Å². The van der Waals surface area contributed by atoms with Gasteiger partial charge in [0, 0.05) is 19.3 Å². The molecule has 1 rings (SSSR count).